The molecule has 2 N–H and O–H groups in total. The number of imidazole rings is 2. The van der Waals surface area contributed by atoms with Crippen molar-refractivity contribution in [1.82, 2.24) is 18.8 Å². The van der Waals surface area contributed by atoms with Crippen molar-refractivity contribution in [2.45, 2.75) is 82.1 Å². The molecule has 0 amide bonds. The molecule has 6 heterocycles. The van der Waals surface area contributed by atoms with Crippen LogP contribution in [0.15, 0.2) is 114 Å². The van der Waals surface area contributed by atoms with Crippen LogP contribution in [0.1, 0.15) is 73.6 Å². The predicted octanol–water partition coefficient (Wildman–Crippen LogP) is 13.6. The van der Waals surface area contributed by atoms with Crippen LogP contribution in [0, 0.1) is 38.5 Å². The van der Waals surface area contributed by atoms with Crippen molar-refractivity contribution in [2.24, 2.45) is 10.8 Å². The van der Waals surface area contributed by atoms with Gasteiger partial charge in [0.05, 0.1) is 18.1 Å². The number of nitrogens with zero attached hydrogens (tertiary/aromatic N) is 4. The van der Waals surface area contributed by atoms with Crippen molar-refractivity contribution in [2.75, 3.05) is 0 Å². The van der Waals surface area contributed by atoms with E-state index in [4.69, 9.17) is 15.0 Å². The van der Waals surface area contributed by atoms with Crippen molar-refractivity contribution < 1.29 is 10.0 Å². The standard InChI is InChI=1S/C26H26N2S.C18H17BrN2S.C8H11BO2/c1-16-9-8-10-17(2)23(16)22-15-27-24-20-12-7-6-11-19(20)21-13-18(14-26(3,4)5)29-25(21)28(22)24;1-18(2,3)9-11-8-14-12-6-4-5-7-13(12)16-20-10-15(19)21(16)17(14)22-11;1-6-4-3-5-7(2)8(6)9(10)11/h6-13,15H,14H2,1-5H3;4-8,10H,9H2,1-3H3;3-5,10-11H,1-2H3. The summed E-state index contributed by atoms with van der Waals surface area (Å²) in [6.07, 6.45) is 6.12. The summed E-state index contributed by atoms with van der Waals surface area (Å²) in [5, 5.41) is 25.6. The Balaban J connectivity index is 0.000000141. The molecule has 6 aromatic heterocycles. The van der Waals surface area contributed by atoms with Crippen LogP contribution in [-0.4, -0.2) is 35.9 Å². The molecule has 0 aliphatic carbocycles. The lowest BCUT2D eigenvalue weighted by atomic mass is 9.74. The lowest BCUT2D eigenvalue weighted by Crippen LogP contribution is -2.34. The molecule has 0 unspecified atom stereocenters. The first-order valence-electron chi connectivity index (χ1n) is 21.2. The van der Waals surface area contributed by atoms with E-state index in [1.807, 2.05) is 60.9 Å². The Morgan fingerprint density at radius 3 is 1.42 bits per heavy atom. The third-order valence-electron chi connectivity index (χ3n) is 11.3. The van der Waals surface area contributed by atoms with Gasteiger partial charge in [0.15, 0.2) is 0 Å². The normalized spacial score (nSPS) is 12.1. The summed E-state index contributed by atoms with van der Waals surface area (Å²) in [5.74, 6) is 0. The third-order valence-corrected chi connectivity index (χ3v) is 14.1. The fraction of sp³-hybridized carbons (Fsp3) is 0.269. The van der Waals surface area contributed by atoms with Crippen molar-refractivity contribution in [1.29, 1.82) is 0 Å². The molecular weight excluding hydrogens is 867 g/mol. The molecule has 0 bridgehead atoms. The van der Waals surface area contributed by atoms with Crippen LogP contribution >= 0.6 is 38.6 Å². The fourth-order valence-corrected chi connectivity index (χ4v) is 12.3. The highest BCUT2D eigenvalue weighted by Gasteiger charge is 2.22. The average molecular weight is 922 g/mol. The second-order valence-corrected chi connectivity index (χ2v) is 22.0. The second-order valence-electron chi connectivity index (χ2n) is 18.9. The van der Waals surface area contributed by atoms with Gasteiger partial charge in [-0.1, -0.05) is 138 Å². The van der Waals surface area contributed by atoms with Gasteiger partial charge in [0, 0.05) is 36.9 Å². The molecule has 10 aromatic rings. The number of hydrogen-bond acceptors (Lipinski definition) is 6. The maximum Gasteiger partial charge on any atom is 0.488 e. The number of hydrogen-bond donors (Lipinski definition) is 2. The van der Waals surface area contributed by atoms with Crippen molar-refractivity contribution in [3.8, 4) is 11.3 Å². The maximum absolute atomic E-state index is 8.94. The fourth-order valence-electron chi connectivity index (χ4n) is 8.72. The Morgan fingerprint density at radius 2 is 0.968 bits per heavy atom. The number of aromatic nitrogens is 4. The number of aryl methyl sites for hydroxylation is 4. The molecule has 0 spiro atoms. The first-order valence-corrected chi connectivity index (χ1v) is 23.6. The molecule has 6 nitrogen and oxygen atoms in total. The van der Waals surface area contributed by atoms with Crippen molar-refractivity contribution in [3.05, 3.63) is 146 Å². The van der Waals surface area contributed by atoms with Gasteiger partial charge in [0.25, 0.3) is 0 Å². The Kier molecular flexibility index (Phi) is 12.0. The number of thiophene rings is 2. The van der Waals surface area contributed by atoms with Crippen LogP contribution in [0.2, 0.25) is 0 Å². The van der Waals surface area contributed by atoms with E-state index in [-0.39, 0.29) is 5.41 Å². The van der Waals surface area contributed by atoms with E-state index in [1.54, 1.807) is 0 Å². The van der Waals surface area contributed by atoms with Crippen LogP contribution in [0.4, 0.5) is 0 Å². The van der Waals surface area contributed by atoms with Crippen LogP contribution in [-0.2, 0) is 12.8 Å². The van der Waals surface area contributed by atoms with Gasteiger partial charge in [0.2, 0.25) is 0 Å². The van der Waals surface area contributed by atoms with Crippen LogP contribution < -0.4 is 5.46 Å². The second kappa shape index (κ2) is 17.0. The van der Waals surface area contributed by atoms with E-state index in [1.165, 1.54) is 74.1 Å². The maximum atomic E-state index is 8.94. The van der Waals surface area contributed by atoms with E-state index in [0.29, 0.717) is 10.9 Å². The van der Waals surface area contributed by atoms with Crippen LogP contribution in [0.25, 0.3) is 64.5 Å². The van der Waals surface area contributed by atoms with E-state index in [9.17, 15) is 0 Å². The van der Waals surface area contributed by atoms with Gasteiger partial charge in [-0.25, -0.2) is 9.97 Å². The first-order chi connectivity index (χ1) is 29.4. The van der Waals surface area contributed by atoms with Crippen LogP contribution in [0.3, 0.4) is 0 Å². The highest BCUT2D eigenvalue weighted by molar-refractivity contribution is 9.10. The van der Waals surface area contributed by atoms with Gasteiger partial charge >= 0.3 is 7.12 Å². The van der Waals surface area contributed by atoms with Gasteiger partial charge in [-0.15, -0.1) is 22.7 Å². The van der Waals surface area contributed by atoms with E-state index in [0.717, 1.165) is 39.9 Å². The first kappa shape index (κ1) is 43.8. The molecular formula is C52H54BBrN4O2S2. The molecule has 0 saturated carbocycles. The molecule has 10 rings (SSSR count). The molecule has 0 fully saturated rings. The molecule has 0 aliphatic rings. The summed E-state index contributed by atoms with van der Waals surface area (Å²) in [7, 11) is -1.35. The minimum absolute atomic E-state index is 0.264. The molecule has 0 atom stereocenters. The summed E-state index contributed by atoms with van der Waals surface area (Å²) >= 11 is 7.45. The van der Waals surface area contributed by atoms with E-state index < -0.39 is 7.12 Å². The van der Waals surface area contributed by atoms with Gasteiger partial charge in [0.1, 0.15) is 25.6 Å². The number of rotatable bonds is 4. The highest BCUT2D eigenvalue weighted by Crippen LogP contribution is 2.41. The Morgan fingerprint density at radius 1 is 0.548 bits per heavy atom. The summed E-state index contributed by atoms with van der Waals surface area (Å²) in [6, 6.07) is 34.1. The zero-order chi connectivity index (χ0) is 44.2. The lowest BCUT2D eigenvalue weighted by Gasteiger charge is -2.16. The summed E-state index contributed by atoms with van der Waals surface area (Å²) in [6.45, 7) is 21.9. The van der Waals surface area contributed by atoms with Crippen LogP contribution in [0.5, 0.6) is 0 Å². The van der Waals surface area contributed by atoms with Gasteiger partial charge in [-0.05, 0) is 107 Å². The summed E-state index contributed by atoms with van der Waals surface area (Å²) in [4.78, 5) is 15.0. The zero-order valence-electron chi connectivity index (χ0n) is 37.3. The minimum atomic E-state index is -1.35. The molecule has 316 valence electrons. The van der Waals surface area contributed by atoms with Gasteiger partial charge in [-0.2, -0.15) is 0 Å². The Bertz CT molecular complexity index is 3230. The minimum Gasteiger partial charge on any atom is -0.423 e. The molecule has 4 aromatic carbocycles. The molecule has 62 heavy (non-hydrogen) atoms. The predicted molar refractivity (Wildman–Crippen MR) is 271 cm³/mol. The number of halogens is 1. The Hall–Kier alpha value is -4.84. The molecule has 0 aliphatic heterocycles. The topological polar surface area (TPSA) is 75.1 Å². The third kappa shape index (κ3) is 8.60. The SMILES string of the molecule is CC(C)(C)Cc1cc2c3ccccc3c3ncc(Br)n3c2s1.Cc1cccc(C)c1-c1cnc2c3ccccc3c3cc(CC(C)(C)C)sc3n12.Cc1cccc(C)c1B(O)O. The molecule has 0 radical (unpaired) electrons. The summed E-state index contributed by atoms with van der Waals surface area (Å²) < 4.78 is 5.64. The highest BCUT2D eigenvalue weighted by atomic mass is 79.9. The van der Waals surface area contributed by atoms with Crippen molar-refractivity contribution >= 4 is 104 Å². The van der Waals surface area contributed by atoms with Gasteiger partial charge < -0.3 is 10.0 Å². The molecule has 0 saturated heterocycles. The Labute approximate surface area is 381 Å². The summed E-state index contributed by atoms with van der Waals surface area (Å²) in [5.41, 5.74) is 10.2. The smallest absolute Gasteiger partial charge is 0.423 e. The quantitative estimate of drug-likeness (QED) is 0.173. The van der Waals surface area contributed by atoms with Crippen molar-refractivity contribution in [3.63, 3.8) is 0 Å². The van der Waals surface area contributed by atoms with Gasteiger partial charge in [-0.3, -0.25) is 8.80 Å². The number of pyridine rings is 2. The molecule has 10 heteroatoms. The average Bonchev–Trinajstić information content (AvgIpc) is 3.99. The number of benzene rings is 4. The lowest BCUT2D eigenvalue weighted by molar-refractivity contribution is 0.414. The number of fused-ring (bicyclic) bond motifs is 12. The van der Waals surface area contributed by atoms with E-state index >= 15 is 0 Å². The van der Waals surface area contributed by atoms with E-state index in [2.05, 4.69) is 170 Å². The zero-order valence-corrected chi connectivity index (χ0v) is 40.5. The monoisotopic (exact) mass is 920 g/mol. The largest absolute Gasteiger partial charge is 0.488 e.